The first kappa shape index (κ1) is 23.8. The number of anilines is 1. The molecule has 0 aliphatic carbocycles. The van der Waals surface area contributed by atoms with Crippen molar-refractivity contribution in [1.29, 1.82) is 0 Å². The largest absolute Gasteiger partial charge is 0.497 e. The van der Waals surface area contributed by atoms with Gasteiger partial charge in [0, 0.05) is 17.8 Å². The number of methoxy groups -OCH3 is 1. The lowest BCUT2D eigenvalue weighted by Gasteiger charge is -2.12. The van der Waals surface area contributed by atoms with Crippen LogP contribution in [0.2, 0.25) is 0 Å². The van der Waals surface area contributed by atoms with Crippen LogP contribution in [0.25, 0.3) is 0 Å². The van der Waals surface area contributed by atoms with Gasteiger partial charge in [-0.2, -0.15) is 0 Å². The highest BCUT2D eigenvalue weighted by molar-refractivity contribution is 7.92. The van der Waals surface area contributed by atoms with Crippen LogP contribution in [0.15, 0.2) is 77.7 Å². The maximum absolute atomic E-state index is 12.8. The van der Waals surface area contributed by atoms with Crippen LogP contribution in [-0.2, 0) is 21.4 Å². The number of benzene rings is 3. The first-order valence-corrected chi connectivity index (χ1v) is 11.6. The Morgan fingerprint density at radius 3 is 2.27 bits per heavy atom. The lowest BCUT2D eigenvalue weighted by molar-refractivity contribution is -0.120. The molecular formula is C24H25N3O5S. The van der Waals surface area contributed by atoms with Gasteiger partial charge in [0.15, 0.2) is 0 Å². The predicted octanol–water partition coefficient (Wildman–Crippen LogP) is 2.85. The summed E-state index contributed by atoms with van der Waals surface area (Å²) in [5, 5.41) is 5.26. The van der Waals surface area contributed by atoms with Crippen molar-refractivity contribution in [3.05, 3.63) is 89.5 Å². The highest BCUT2D eigenvalue weighted by atomic mass is 32.2. The van der Waals surface area contributed by atoms with Crippen molar-refractivity contribution in [2.75, 3.05) is 18.4 Å². The molecule has 8 nitrogen and oxygen atoms in total. The van der Waals surface area contributed by atoms with Crippen LogP contribution >= 0.6 is 0 Å². The van der Waals surface area contributed by atoms with Crippen LogP contribution < -0.4 is 20.1 Å². The summed E-state index contributed by atoms with van der Waals surface area (Å²) >= 11 is 0. The molecule has 0 bridgehead atoms. The number of amides is 2. The lowest BCUT2D eigenvalue weighted by atomic mass is 10.1. The highest BCUT2D eigenvalue weighted by Crippen LogP contribution is 2.21. The first-order chi connectivity index (χ1) is 15.8. The number of ether oxygens (including phenoxy) is 1. The zero-order chi connectivity index (χ0) is 23.8. The Morgan fingerprint density at radius 1 is 0.909 bits per heavy atom. The minimum Gasteiger partial charge on any atom is -0.497 e. The minimum atomic E-state index is -3.93. The molecule has 0 fully saturated rings. The van der Waals surface area contributed by atoms with E-state index in [-0.39, 0.29) is 22.9 Å². The van der Waals surface area contributed by atoms with Gasteiger partial charge in [0.1, 0.15) is 5.75 Å². The second-order valence-corrected chi connectivity index (χ2v) is 8.94. The summed E-state index contributed by atoms with van der Waals surface area (Å²) in [6.45, 7) is 1.81. The van der Waals surface area contributed by atoms with Gasteiger partial charge in [-0.05, 0) is 54.4 Å². The Hall–Kier alpha value is -3.85. The van der Waals surface area contributed by atoms with E-state index in [0.717, 1.165) is 5.56 Å². The lowest BCUT2D eigenvalue weighted by Crippen LogP contribution is -2.36. The molecule has 3 N–H and O–H groups in total. The Labute approximate surface area is 193 Å². The van der Waals surface area contributed by atoms with E-state index in [4.69, 9.17) is 4.74 Å². The van der Waals surface area contributed by atoms with Crippen molar-refractivity contribution in [2.24, 2.45) is 0 Å². The van der Waals surface area contributed by atoms with Crippen LogP contribution in [0.4, 0.5) is 5.69 Å². The molecule has 3 aromatic rings. The molecule has 0 spiro atoms. The fourth-order valence-electron chi connectivity index (χ4n) is 3.00. The molecule has 33 heavy (non-hydrogen) atoms. The van der Waals surface area contributed by atoms with E-state index in [2.05, 4.69) is 15.4 Å². The van der Waals surface area contributed by atoms with Gasteiger partial charge in [-0.1, -0.05) is 36.4 Å². The average Bonchev–Trinajstić information content (AvgIpc) is 2.82. The number of carbonyl (C=O) groups excluding carboxylic acids is 2. The molecule has 172 valence electrons. The van der Waals surface area contributed by atoms with E-state index in [1.54, 1.807) is 37.3 Å². The zero-order valence-corrected chi connectivity index (χ0v) is 19.1. The minimum absolute atomic E-state index is 0.0670. The van der Waals surface area contributed by atoms with Gasteiger partial charge >= 0.3 is 0 Å². The van der Waals surface area contributed by atoms with Gasteiger partial charge in [-0.15, -0.1) is 0 Å². The molecule has 0 aliphatic heterocycles. The van der Waals surface area contributed by atoms with Crippen molar-refractivity contribution in [3.63, 3.8) is 0 Å². The summed E-state index contributed by atoms with van der Waals surface area (Å²) in [5.41, 5.74) is 2.05. The maximum atomic E-state index is 12.8. The van der Waals surface area contributed by atoms with Crippen LogP contribution in [0, 0.1) is 6.92 Å². The third kappa shape index (κ3) is 6.56. The van der Waals surface area contributed by atoms with Gasteiger partial charge in [0.25, 0.3) is 15.9 Å². The van der Waals surface area contributed by atoms with Gasteiger partial charge < -0.3 is 15.4 Å². The van der Waals surface area contributed by atoms with E-state index >= 15 is 0 Å². The highest BCUT2D eigenvalue weighted by Gasteiger charge is 2.19. The van der Waals surface area contributed by atoms with E-state index < -0.39 is 15.9 Å². The second kappa shape index (κ2) is 10.6. The molecular weight excluding hydrogens is 442 g/mol. The van der Waals surface area contributed by atoms with Crippen LogP contribution in [0.1, 0.15) is 21.5 Å². The first-order valence-electron chi connectivity index (χ1n) is 10.1. The Bertz CT molecular complexity index is 1230. The van der Waals surface area contributed by atoms with Crippen molar-refractivity contribution in [3.8, 4) is 5.75 Å². The Balaban J connectivity index is 1.64. The summed E-state index contributed by atoms with van der Waals surface area (Å²) in [4.78, 5) is 24.6. The number of nitrogens with one attached hydrogen (secondary N) is 3. The number of carbonyl (C=O) groups is 2. The Kier molecular flexibility index (Phi) is 7.68. The van der Waals surface area contributed by atoms with Crippen LogP contribution in [0.5, 0.6) is 5.75 Å². The van der Waals surface area contributed by atoms with E-state index in [1.165, 1.54) is 19.2 Å². The fraction of sp³-hybridized carbons (Fsp3) is 0.167. The smallest absolute Gasteiger partial charge is 0.261 e. The third-order valence-corrected chi connectivity index (χ3v) is 6.23. The van der Waals surface area contributed by atoms with Crippen molar-refractivity contribution in [1.82, 2.24) is 10.6 Å². The van der Waals surface area contributed by atoms with Crippen LogP contribution in [0.3, 0.4) is 0 Å². The van der Waals surface area contributed by atoms with Gasteiger partial charge in [0.05, 0.1) is 18.6 Å². The van der Waals surface area contributed by atoms with Gasteiger partial charge in [-0.25, -0.2) is 8.42 Å². The molecule has 9 heteroatoms. The standard InChI is InChI=1S/C24H25N3O5S/c1-17-8-13-21(33(30,31)27-19-9-11-20(32-2)12-10-19)14-22(17)24(29)26-16-23(28)25-15-18-6-4-3-5-7-18/h3-14,27H,15-16H2,1-2H3,(H,25,28)(H,26,29). The quantitative estimate of drug-likeness (QED) is 0.448. The normalized spacial score (nSPS) is 10.8. The monoisotopic (exact) mass is 467 g/mol. The summed E-state index contributed by atoms with van der Waals surface area (Å²) in [7, 11) is -2.41. The average molecular weight is 468 g/mol. The van der Waals surface area contributed by atoms with Crippen molar-refractivity contribution < 1.29 is 22.7 Å². The van der Waals surface area contributed by atoms with Crippen LogP contribution in [-0.4, -0.2) is 33.9 Å². The summed E-state index contributed by atoms with van der Waals surface area (Å²) in [6.07, 6.45) is 0. The zero-order valence-electron chi connectivity index (χ0n) is 18.3. The van der Waals surface area contributed by atoms with E-state index in [1.807, 2.05) is 30.3 Å². The molecule has 0 aromatic heterocycles. The fourth-order valence-corrected chi connectivity index (χ4v) is 4.09. The summed E-state index contributed by atoms with van der Waals surface area (Å²) in [6, 6.07) is 20.1. The van der Waals surface area contributed by atoms with Gasteiger partial charge in [0.2, 0.25) is 5.91 Å². The molecule has 0 heterocycles. The van der Waals surface area contributed by atoms with Crippen molar-refractivity contribution >= 4 is 27.5 Å². The molecule has 3 aromatic carbocycles. The second-order valence-electron chi connectivity index (χ2n) is 7.26. The van der Waals surface area contributed by atoms with E-state index in [9.17, 15) is 18.0 Å². The number of sulfonamides is 1. The number of rotatable bonds is 9. The third-order valence-electron chi connectivity index (χ3n) is 4.85. The SMILES string of the molecule is COc1ccc(NS(=O)(=O)c2ccc(C)c(C(=O)NCC(=O)NCc3ccccc3)c2)cc1. The summed E-state index contributed by atoms with van der Waals surface area (Å²) in [5.74, 6) is -0.293. The molecule has 0 saturated carbocycles. The molecule has 0 radical (unpaired) electrons. The number of aryl methyl sites for hydroxylation is 1. The van der Waals surface area contributed by atoms with E-state index in [0.29, 0.717) is 23.5 Å². The number of hydrogen-bond acceptors (Lipinski definition) is 5. The molecule has 0 unspecified atom stereocenters. The van der Waals surface area contributed by atoms with Crippen molar-refractivity contribution in [2.45, 2.75) is 18.4 Å². The summed E-state index contributed by atoms with van der Waals surface area (Å²) < 4.78 is 33.1. The van der Waals surface area contributed by atoms with Gasteiger partial charge in [-0.3, -0.25) is 14.3 Å². The molecule has 0 atom stereocenters. The Morgan fingerprint density at radius 2 is 1.61 bits per heavy atom. The predicted molar refractivity (Wildman–Crippen MR) is 126 cm³/mol. The molecule has 0 saturated heterocycles. The molecule has 2 amide bonds. The topological polar surface area (TPSA) is 114 Å². The maximum Gasteiger partial charge on any atom is 0.261 e. The molecule has 0 aliphatic rings. The molecule has 3 rings (SSSR count). The number of hydrogen-bond donors (Lipinski definition) is 3.